The molecule has 28 heavy (non-hydrogen) atoms. The van der Waals surface area contributed by atoms with Crippen LogP contribution in [0.3, 0.4) is 0 Å². The van der Waals surface area contributed by atoms with Crippen molar-refractivity contribution in [2.24, 2.45) is 0 Å². The highest BCUT2D eigenvalue weighted by molar-refractivity contribution is 6.31. The number of nitrogens with zero attached hydrogens (tertiary/aromatic N) is 3. The molecular formula is C21H24ClN5O. The molecule has 0 bridgehead atoms. The van der Waals surface area contributed by atoms with E-state index in [-0.39, 0.29) is 5.91 Å². The number of nitrogens with one attached hydrogen (secondary N) is 2. The first-order valence-electron chi connectivity index (χ1n) is 9.82. The highest BCUT2D eigenvalue weighted by atomic mass is 35.5. The molecule has 0 unspecified atom stereocenters. The second-order valence-electron chi connectivity index (χ2n) is 7.16. The Morgan fingerprint density at radius 3 is 2.89 bits per heavy atom. The maximum absolute atomic E-state index is 12.6. The second-order valence-corrected chi connectivity index (χ2v) is 7.59. The molecule has 4 rings (SSSR count). The number of amides is 1. The number of halogens is 1. The molecule has 0 radical (unpaired) electrons. The van der Waals surface area contributed by atoms with Gasteiger partial charge in [-0.3, -0.25) is 4.79 Å². The average Bonchev–Trinajstić information content (AvgIpc) is 3.13. The van der Waals surface area contributed by atoms with Gasteiger partial charge in [-0.05, 0) is 56.0 Å². The molecule has 6 nitrogen and oxygen atoms in total. The number of aromatic amines is 1. The molecular weight excluding hydrogens is 374 g/mol. The van der Waals surface area contributed by atoms with Gasteiger partial charge in [-0.25, -0.2) is 9.97 Å². The van der Waals surface area contributed by atoms with Crippen molar-refractivity contribution in [3.05, 3.63) is 52.9 Å². The van der Waals surface area contributed by atoms with Crippen molar-refractivity contribution >= 4 is 34.4 Å². The number of benzene rings is 1. The van der Waals surface area contributed by atoms with E-state index >= 15 is 0 Å². The Hall–Kier alpha value is -2.60. The monoisotopic (exact) mass is 397 g/mol. The van der Waals surface area contributed by atoms with Gasteiger partial charge in [-0.2, -0.15) is 0 Å². The Morgan fingerprint density at radius 1 is 1.18 bits per heavy atom. The van der Waals surface area contributed by atoms with Crippen molar-refractivity contribution in [1.82, 2.24) is 19.9 Å². The number of aryl methyl sites for hydroxylation is 1. The molecule has 7 heteroatoms. The third kappa shape index (κ3) is 4.44. The van der Waals surface area contributed by atoms with Crippen LogP contribution >= 0.6 is 11.6 Å². The number of H-pyrrole nitrogens is 1. The fraction of sp³-hybridized carbons (Fsp3) is 0.381. The molecule has 1 aromatic carbocycles. The van der Waals surface area contributed by atoms with Gasteiger partial charge in [0.15, 0.2) is 0 Å². The van der Waals surface area contributed by atoms with Crippen LogP contribution in [-0.4, -0.2) is 45.4 Å². The van der Waals surface area contributed by atoms with Crippen LogP contribution in [0.1, 0.15) is 41.9 Å². The number of anilines is 1. The van der Waals surface area contributed by atoms with Crippen LogP contribution in [0.2, 0.25) is 5.02 Å². The van der Waals surface area contributed by atoms with Crippen LogP contribution < -0.4 is 5.32 Å². The predicted octanol–water partition coefficient (Wildman–Crippen LogP) is 4.28. The lowest BCUT2D eigenvalue weighted by Gasteiger charge is -2.26. The first-order valence-corrected chi connectivity index (χ1v) is 10.2. The summed E-state index contributed by atoms with van der Waals surface area (Å²) in [5.41, 5.74) is 2.59. The summed E-state index contributed by atoms with van der Waals surface area (Å²) in [7, 11) is 0. The van der Waals surface area contributed by atoms with Crippen molar-refractivity contribution < 1.29 is 4.79 Å². The van der Waals surface area contributed by atoms with Crippen LogP contribution in [0.25, 0.3) is 11.0 Å². The first kappa shape index (κ1) is 18.7. The summed E-state index contributed by atoms with van der Waals surface area (Å²) in [6.07, 6.45) is 6.82. The van der Waals surface area contributed by atoms with E-state index in [0.29, 0.717) is 10.6 Å². The highest BCUT2D eigenvalue weighted by Gasteiger charge is 2.18. The molecule has 2 N–H and O–H groups in total. The molecule has 0 aliphatic carbocycles. The first-order chi connectivity index (χ1) is 13.7. The number of aromatic nitrogens is 3. The van der Waals surface area contributed by atoms with Gasteiger partial charge >= 0.3 is 0 Å². The second kappa shape index (κ2) is 8.61. The standard InChI is InChI=1S/C21H24ClN5O/c22-16-6-7-17-18(14-16)26-19(25-17)5-4-9-23-20-13-15(8-10-24-20)21(28)27-11-2-1-3-12-27/h6-8,10,13-14H,1-5,9,11-12H2,(H,23,24)(H,25,26). The van der Waals surface area contributed by atoms with Crippen LogP contribution in [0.4, 0.5) is 5.82 Å². The molecule has 3 aromatic rings. The summed E-state index contributed by atoms with van der Waals surface area (Å²) in [5, 5.41) is 4.01. The number of carbonyl (C=O) groups excluding carboxylic acids is 1. The topological polar surface area (TPSA) is 73.9 Å². The van der Waals surface area contributed by atoms with Gasteiger partial charge < -0.3 is 15.2 Å². The smallest absolute Gasteiger partial charge is 0.254 e. The van der Waals surface area contributed by atoms with E-state index in [2.05, 4.69) is 20.3 Å². The number of pyridine rings is 1. The number of piperidine rings is 1. The summed E-state index contributed by atoms with van der Waals surface area (Å²) in [4.78, 5) is 26.8. The molecule has 0 saturated carbocycles. The van der Waals surface area contributed by atoms with E-state index in [9.17, 15) is 4.79 Å². The third-order valence-corrected chi connectivity index (χ3v) is 5.27. The number of likely N-dealkylation sites (tertiary alicyclic amines) is 1. The zero-order valence-corrected chi connectivity index (χ0v) is 16.5. The molecule has 1 amide bonds. The van der Waals surface area contributed by atoms with Crippen molar-refractivity contribution in [3.63, 3.8) is 0 Å². The minimum absolute atomic E-state index is 0.103. The van der Waals surface area contributed by atoms with Crippen molar-refractivity contribution in [1.29, 1.82) is 0 Å². The zero-order chi connectivity index (χ0) is 19.3. The summed E-state index contributed by atoms with van der Waals surface area (Å²) < 4.78 is 0. The van der Waals surface area contributed by atoms with Crippen molar-refractivity contribution in [2.45, 2.75) is 32.1 Å². The lowest BCUT2D eigenvalue weighted by atomic mass is 10.1. The summed E-state index contributed by atoms with van der Waals surface area (Å²) in [5.74, 6) is 1.78. The summed E-state index contributed by atoms with van der Waals surface area (Å²) in [6.45, 7) is 2.46. The van der Waals surface area contributed by atoms with Gasteiger partial charge in [0.1, 0.15) is 11.6 Å². The number of carbonyl (C=O) groups is 1. The SMILES string of the molecule is O=C(c1ccnc(NCCCc2nc3ccc(Cl)cc3[nH]2)c1)N1CCCCC1. The predicted molar refractivity (Wildman–Crippen MR) is 112 cm³/mol. The van der Waals surface area contributed by atoms with E-state index in [1.807, 2.05) is 29.2 Å². The van der Waals surface area contributed by atoms with E-state index in [1.165, 1.54) is 6.42 Å². The van der Waals surface area contributed by atoms with Gasteiger partial charge in [0, 0.05) is 42.8 Å². The Bertz CT molecular complexity index is 964. The number of rotatable bonds is 6. The molecule has 0 atom stereocenters. The van der Waals surface area contributed by atoms with Gasteiger partial charge in [0.25, 0.3) is 5.91 Å². The largest absolute Gasteiger partial charge is 0.370 e. The Labute approximate surface area is 169 Å². The lowest BCUT2D eigenvalue weighted by molar-refractivity contribution is 0.0724. The molecule has 1 saturated heterocycles. The number of imidazole rings is 1. The Kier molecular flexibility index (Phi) is 5.76. The minimum Gasteiger partial charge on any atom is -0.370 e. The highest BCUT2D eigenvalue weighted by Crippen LogP contribution is 2.18. The van der Waals surface area contributed by atoms with E-state index < -0.39 is 0 Å². The molecule has 3 heterocycles. The Balaban J connectivity index is 1.30. The molecule has 2 aromatic heterocycles. The molecule has 1 aliphatic rings. The zero-order valence-electron chi connectivity index (χ0n) is 15.7. The van der Waals surface area contributed by atoms with Crippen molar-refractivity contribution in [3.8, 4) is 0 Å². The summed E-state index contributed by atoms with van der Waals surface area (Å²) in [6, 6.07) is 9.30. The molecule has 146 valence electrons. The van der Waals surface area contributed by atoms with Gasteiger partial charge in [-0.15, -0.1) is 0 Å². The normalized spacial score (nSPS) is 14.4. The average molecular weight is 398 g/mol. The third-order valence-electron chi connectivity index (χ3n) is 5.04. The fourth-order valence-electron chi connectivity index (χ4n) is 3.57. The number of hydrogen-bond acceptors (Lipinski definition) is 4. The minimum atomic E-state index is 0.103. The quantitative estimate of drug-likeness (QED) is 0.609. The van der Waals surface area contributed by atoms with Crippen LogP contribution in [0, 0.1) is 0 Å². The van der Waals surface area contributed by atoms with Crippen LogP contribution in [0.15, 0.2) is 36.5 Å². The van der Waals surface area contributed by atoms with Gasteiger partial charge in [0.05, 0.1) is 11.0 Å². The molecule has 0 spiro atoms. The van der Waals surface area contributed by atoms with Crippen LogP contribution in [-0.2, 0) is 6.42 Å². The van der Waals surface area contributed by atoms with Crippen molar-refractivity contribution in [2.75, 3.05) is 25.0 Å². The van der Waals surface area contributed by atoms with Gasteiger partial charge in [0.2, 0.25) is 0 Å². The van der Waals surface area contributed by atoms with Crippen LogP contribution in [0.5, 0.6) is 0 Å². The van der Waals surface area contributed by atoms with E-state index in [4.69, 9.17) is 11.6 Å². The van der Waals surface area contributed by atoms with Gasteiger partial charge in [-0.1, -0.05) is 11.6 Å². The molecule has 1 fully saturated rings. The summed E-state index contributed by atoms with van der Waals surface area (Å²) >= 11 is 6.02. The fourth-order valence-corrected chi connectivity index (χ4v) is 3.74. The molecule has 1 aliphatic heterocycles. The number of fused-ring (bicyclic) bond motifs is 1. The maximum Gasteiger partial charge on any atom is 0.254 e. The van der Waals surface area contributed by atoms with E-state index in [1.54, 1.807) is 12.3 Å². The van der Waals surface area contributed by atoms with E-state index in [0.717, 1.165) is 68.0 Å². The maximum atomic E-state index is 12.6. The number of hydrogen-bond donors (Lipinski definition) is 2. The Morgan fingerprint density at radius 2 is 2.04 bits per heavy atom. The lowest BCUT2D eigenvalue weighted by Crippen LogP contribution is -2.35.